The molecule has 1 saturated heterocycles. The van der Waals surface area contributed by atoms with Gasteiger partial charge in [-0.25, -0.2) is 0 Å². The van der Waals surface area contributed by atoms with Gasteiger partial charge in [0.25, 0.3) is 0 Å². The van der Waals surface area contributed by atoms with Gasteiger partial charge in [-0.05, 0) is 116 Å². The topological polar surface area (TPSA) is 175 Å². The van der Waals surface area contributed by atoms with Crippen LogP contribution in [0.2, 0.25) is 0 Å². The summed E-state index contributed by atoms with van der Waals surface area (Å²) in [5.41, 5.74) is 0. The molecule has 1 amide bonds. The van der Waals surface area contributed by atoms with Crippen LogP contribution in [0.1, 0.15) is 386 Å². The Morgan fingerprint density at radius 2 is 0.716 bits per heavy atom. The van der Waals surface area contributed by atoms with Gasteiger partial charge < -0.3 is 45.1 Å². The van der Waals surface area contributed by atoms with E-state index in [-0.39, 0.29) is 18.5 Å². The summed E-state index contributed by atoms with van der Waals surface area (Å²) in [7, 11) is 0. The second-order valence-corrected chi connectivity index (χ2v) is 28.1. The van der Waals surface area contributed by atoms with Crippen LogP contribution in [0.3, 0.4) is 0 Å². The smallest absolute Gasteiger partial charge is 0.305 e. The molecule has 1 rings (SSSR count). The van der Waals surface area contributed by atoms with E-state index in [1.54, 1.807) is 6.08 Å². The van der Waals surface area contributed by atoms with Gasteiger partial charge in [-0.2, -0.15) is 0 Å². The quantitative estimate of drug-likeness (QED) is 0.0195. The van der Waals surface area contributed by atoms with Crippen molar-refractivity contribution in [3.05, 3.63) is 72.9 Å². The number of esters is 1. The highest BCUT2D eigenvalue weighted by molar-refractivity contribution is 5.76. The van der Waals surface area contributed by atoms with E-state index in [2.05, 4.69) is 79.9 Å². The Balaban J connectivity index is 1.93. The molecule has 0 radical (unpaired) electrons. The van der Waals surface area contributed by atoms with E-state index in [9.17, 15) is 35.1 Å². The summed E-state index contributed by atoms with van der Waals surface area (Å²) >= 11 is 0. The first-order valence-corrected chi connectivity index (χ1v) is 40.7. The summed E-state index contributed by atoms with van der Waals surface area (Å²) in [5, 5.41) is 54.6. The summed E-state index contributed by atoms with van der Waals surface area (Å²) in [6, 6.07) is -0.834. The van der Waals surface area contributed by atoms with Crippen molar-refractivity contribution in [2.75, 3.05) is 19.8 Å². The first-order chi connectivity index (χ1) is 46.7. The molecule has 11 nitrogen and oxygen atoms in total. The number of allylic oxidation sites excluding steroid dienone is 11. The average Bonchev–Trinajstić information content (AvgIpc) is 0.849. The van der Waals surface area contributed by atoms with Crippen LogP contribution in [0.4, 0.5) is 0 Å². The molecule has 11 heteroatoms. The molecule has 7 unspecified atom stereocenters. The highest BCUT2D eigenvalue weighted by atomic mass is 16.7. The van der Waals surface area contributed by atoms with Gasteiger partial charge in [0.05, 0.1) is 32.0 Å². The number of carbonyl (C=O) groups excluding carboxylic acids is 2. The number of hydrogen-bond acceptors (Lipinski definition) is 10. The second-order valence-electron chi connectivity index (χ2n) is 28.1. The number of carbonyl (C=O) groups is 2. The number of aliphatic hydroxyl groups excluding tert-OH is 5. The minimum atomic E-state index is -1.58. The summed E-state index contributed by atoms with van der Waals surface area (Å²) in [4.78, 5) is 25.2. The number of unbranched alkanes of at least 4 members (excludes halogenated alkanes) is 48. The van der Waals surface area contributed by atoms with Crippen LogP contribution in [0.15, 0.2) is 72.9 Å². The summed E-state index contributed by atoms with van der Waals surface area (Å²) in [6.45, 7) is 4.33. The third-order valence-electron chi connectivity index (χ3n) is 19.0. The standard InChI is InChI=1S/C84H153NO10/c1-3-5-7-9-11-13-15-17-43-47-50-54-58-62-66-70-77(87)76(75-94-84-83(92)82(91)81(90)78(74-86)95-84)85-79(88)71-67-63-59-55-51-48-44-41-39-37-35-33-31-29-27-25-23-21-19-18-20-22-24-26-28-30-32-34-36-38-40-42-45-49-53-57-61-65-69-73-93-80(89)72-68-64-60-56-52-46-16-14-12-10-8-6-4-2/h14-19,22,24,50,54,66,70,76-78,81-84,86-87,90-92H,3-13,20-21,23,25-49,51-53,55-65,67-69,71-75H2,1-2H3,(H,85,88)/b16-14-,17-15+,19-18-,24-22-,54-50+,70-66+. The lowest BCUT2D eigenvalue weighted by molar-refractivity contribution is -0.302. The van der Waals surface area contributed by atoms with Crippen molar-refractivity contribution in [2.24, 2.45) is 0 Å². The summed E-state index contributed by atoms with van der Waals surface area (Å²) < 4.78 is 16.8. The second kappa shape index (κ2) is 72.4. The number of nitrogens with one attached hydrogen (secondary N) is 1. The van der Waals surface area contributed by atoms with Crippen LogP contribution in [-0.2, 0) is 23.8 Å². The zero-order valence-electron chi connectivity index (χ0n) is 61.9. The predicted octanol–water partition coefficient (Wildman–Crippen LogP) is 22.2. The van der Waals surface area contributed by atoms with Crippen molar-refractivity contribution >= 4 is 11.9 Å². The molecule has 0 saturated carbocycles. The highest BCUT2D eigenvalue weighted by Crippen LogP contribution is 2.24. The first kappa shape index (κ1) is 90.1. The fourth-order valence-electron chi connectivity index (χ4n) is 12.6. The van der Waals surface area contributed by atoms with Crippen molar-refractivity contribution in [3.8, 4) is 0 Å². The molecule has 0 spiro atoms. The van der Waals surface area contributed by atoms with E-state index in [1.807, 2.05) is 6.08 Å². The maximum atomic E-state index is 13.1. The molecular weight excluding hydrogens is 1180 g/mol. The average molecular weight is 1340 g/mol. The Kier molecular flexibility index (Phi) is 68.6. The minimum absolute atomic E-state index is 0.00505. The number of hydrogen-bond donors (Lipinski definition) is 6. The van der Waals surface area contributed by atoms with E-state index >= 15 is 0 Å². The van der Waals surface area contributed by atoms with E-state index in [0.717, 1.165) is 77.0 Å². The van der Waals surface area contributed by atoms with Gasteiger partial charge in [-0.3, -0.25) is 9.59 Å². The molecule has 0 aromatic rings. The van der Waals surface area contributed by atoms with Crippen molar-refractivity contribution in [1.29, 1.82) is 0 Å². The van der Waals surface area contributed by atoms with Crippen LogP contribution >= 0.6 is 0 Å². The Bertz CT molecular complexity index is 1810. The molecule has 554 valence electrons. The van der Waals surface area contributed by atoms with Gasteiger partial charge >= 0.3 is 5.97 Å². The lowest BCUT2D eigenvalue weighted by Gasteiger charge is -2.40. The van der Waals surface area contributed by atoms with Crippen LogP contribution < -0.4 is 5.32 Å². The zero-order chi connectivity index (χ0) is 68.6. The Hall–Kier alpha value is -2.90. The van der Waals surface area contributed by atoms with Crippen molar-refractivity contribution < 1.29 is 49.3 Å². The number of amides is 1. The SMILES string of the molecule is CCCCCC/C=C\CCCCCCCC(=O)OCCCCCCCCCCCCCCCCC/C=C\C/C=C\CCCCCCCCCCCCCCCCCCCC(=O)NC(COC1OC(CO)C(O)C(O)C1O)C(O)/C=C/CC/C=C/CC/C=C/CCCCCCC. The van der Waals surface area contributed by atoms with Gasteiger partial charge in [0.2, 0.25) is 5.91 Å². The van der Waals surface area contributed by atoms with Gasteiger partial charge in [0, 0.05) is 12.8 Å². The maximum Gasteiger partial charge on any atom is 0.305 e. The molecule has 1 aliphatic rings. The lowest BCUT2D eigenvalue weighted by atomic mass is 9.99. The number of ether oxygens (including phenoxy) is 3. The first-order valence-electron chi connectivity index (χ1n) is 40.7. The molecule has 0 aromatic carbocycles. The number of aliphatic hydroxyl groups is 5. The Labute approximate surface area is 585 Å². The van der Waals surface area contributed by atoms with Crippen LogP contribution in [-0.4, -0.2) is 100 Å². The lowest BCUT2D eigenvalue weighted by Crippen LogP contribution is -2.60. The van der Waals surface area contributed by atoms with E-state index in [1.165, 1.54) is 283 Å². The molecule has 1 fully saturated rings. The van der Waals surface area contributed by atoms with Crippen LogP contribution in [0.25, 0.3) is 0 Å². The fourth-order valence-corrected chi connectivity index (χ4v) is 12.6. The Morgan fingerprint density at radius 3 is 1.12 bits per heavy atom. The molecule has 95 heavy (non-hydrogen) atoms. The van der Waals surface area contributed by atoms with Crippen molar-refractivity contribution in [3.63, 3.8) is 0 Å². The third-order valence-corrected chi connectivity index (χ3v) is 19.0. The van der Waals surface area contributed by atoms with Gasteiger partial charge in [0.1, 0.15) is 24.4 Å². The predicted molar refractivity (Wildman–Crippen MR) is 403 cm³/mol. The third kappa shape index (κ3) is 60.8. The zero-order valence-corrected chi connectivity index (χ0v) is 61.9. The molecule has 7 atom stereocenters. The fraction of sp³-hybridized carbons (Fsp3) is 0.833. The highest BCUT2D eigenvalue weighted by Gasteiger charge is 2.44. The largest absolute Gasteiger partial charge is 0.466 e. The summed E-state index contributed by atoms with van der Waals surface area (Å²) in [6.07, 6.45) is 89.4. The molecule has 0 bridgehead atoms. The molecule has 0 aliphatic carbocycles. The van der Waals surface area contributed by atoms with E-state index < -0.39 is 49.5 Å². The number of rotatable bonds is 72. The van der Waals surface area contributed by atoms with E-state index in [0.29, 0.717) is 19.4 Å². The van der Waals surface area contributed by atoms with E-state index in [4.69, 9.17) is 14.2 Å². The normalized spacial score (nSPS) is 17.7. The summed E-state index contributed by atoms with van der Waals surface area (Å²) in [5.74, 6) is -0.187. The molecule has 0 aromatic heterocycles. The minimum Gasteiger partial charge on any atom is -0.466 e. The molecule has 1 aliphatic heterocycles. The Morgan fingerprint density at radius 1 is 0.389 bits per heavy atom. The molecule has 1 heterocycles. The maximum absolute atomic E-state index is 13.1. The van der Waals surface area contributed by atoms with Crippen molar-refractivity contribution in [2.45, 2.75) is 429 Å². The molecule has 6 N–H and O–H groups in total. The van der Waals surface area contributed by atoms with Gasteiger partial charge in [0.15, 0.2) is 6.29 Å². The van der Waals surface area contributed by atoms with Gasteiger partial charge in [-0.1, -0.05) is 331 Å². The van der Waals surface area contributed by atoms with Crippen molar-refractivity contribution in [1.82, 2.24) is 5.32 Å². The monoisotopic (exact) mass is 1340 g/mol. The van der Waals surface area contributed by atoms with Crippen LogP contribution in [0, 0.1) is 0 Å². The molecular formula is C84H153NO10. The van der Waals surface area contributed by atoms with Crippen LogP contribution in [0.5, 0.6) is 0 Å². The van der Waals surface area contributed by atoms with Gasteiger partial charge in [-0.15, -0.1) is 0 Å².